The van der Waals surface area contributed by atoms with Crippen LogP contribution in [0, 0.1) is 6.92 Å². The van der Waals surface area contributed by atoms with Gasteiger partial charge in [-0.15, -0.1) is 11.8 Å². The molecule has 0 spiro atoms. The van der Waals surface area contributed by atoms with Crippen molar-refractivity contribution in [1.82, 2.24) is 9.97 Å². The molecule has 0 unspecified atom stereocenters. The van der Waals surface area contributed by atoms with Crippen LogP contribution in [0.3, 0.4) is 0 Å². The van der Waals surface area contributed by atoms with E-state index >= 15 is 0 Å². The van der Waals surface area contributed by atoms with Gasteiger partial charge in [0.05, 0.1) is 6.61 Å². The number of rotatable bonds is 4. The first-order valence-corrected chi connectivity index (χ1v) is 5.21. The summed E-state index contributed by atoms with van der Waals surface area (Å²) in [5, 5.41) is 1.20. The molecule has 0 aromatic carbocycles. The van der Waals surface area contributed by atoms with Crippen molar-refractivity contribution < 1.29 is 4.74 Å². The third kappa shape index (κ3) is 3.93. The topological polar surface area (TPSA) is 35.0 Å². The highest BCUT2D eigenvalue weighted by molar-refractivity contribution is 7.99. The van der Waals surface area contributed by atoms with E-state index in [0.717, 1.165) is 16.5 Å². The number of hydrogen-bond acceptors (Lipinski definition) is 4. The summed E-state index contributed by atoms with van der Waals surface area (Å²) in [6.45, 7) is 2.61. The van der Waals surface area contributed by atoms with Crippen LogP contribution in [0.4, 0.5) is 0 Å². The van der Waals surface area contributed by atoms with Gasteiger partial charge in [-0.1, -0.05) is 0 Å². The average molecular weight is 219 g/mol. The first-order valence-electron chi connectivity index (χ1n) is 3.85. The summed E-state index contributed by atoms with van der Waals surface area (Å²) in [7, 11) is 1.68. The van der Waals surface area contributed by atoms with Crippen molar-refractivity contribution in [2.45, 2.75) is 11.9 Å². The Balaban J connectivity index is 2.56. The zero-order valence-corrected chi connectivity index (χ0v) is 9.15. The Kier molecular flexibility index (Phi) is 4.48. The lowest BCUT2D eigenvalue weighted by atomic mass is 10.5. The molecule has 5 heteroatoms. The van der Waals surface area contributed by atoms with E-state index in [4.69, 9.17) is 16.3 Å². The molecule has 0 amide bonds. The second kappa shape index (κ2) is 5.42. The zero-order chi connectivity index (χ0) is 9.68. The van der Waals surface area contributed by atoms with Gasteiger partial charge in [0.25, 0.3) is 0 Å². The van der Waals surface area contributed by atoms with Crippen molar-refractivity contribution in [2.24, 2.45) is 0 Å². The molecule has 3 nitrogen and oxygen atoms in total. The van der Waals surface area contributed by atoms with E-state index in [-0.39, 0.29) is 0 Å². The minimum Gasteiger partial charge on any atom is -0.384 e. The predicted molar refractivity (Wildman–Crippen MR) is 54.4 cm³/mol. The Bertz CT molecular complexity index is 263. The molecule has 0 saturated carbocycles. The van der Waals surface area contributed by atoms with Gasteiger partial charge in [0, 0.05) is 18.6 Å². The summed E-state index contributed by atoms with van der Waals surface area (Å²) in [5.74, 6) is 0.878. The average Bonchev–Trinajstić information content (AvgIpc) is 2.03. The predicted octanol–water partition coefficient (Wildman–Crippen LogP) is 2.18. The van der Waals surface area contributed by atoms with Crippen LogP contribution >= 0.6 is 23.4 Å². The van der Waals surface area contributed by atoms with Crippen molar-refractivity contribution in [3.05, 3.63) is 17.0 Å². The highest BCUT2D eigenvalue weighted by Gasteiger charge is 1.99. The highest BCUT2D eigenvalue weighted by atomic mass is 35.5. The number of halogens is 1. The maximum Gasteiger partial charge on any atom is 0.223 e. The van der Waals surface area contributed by atoms with Gasteiger partial charge in [0.1, 0.15) is 5.03 Å². The molecule has 0 fully saturated rings. The van der Waals surface area contributed by atoms with Gasteiger partial charge in [0.2, 0.25) is 5.28 Å². The molecule has 0 aliphatic carbocycles. The van der Waals surface area contributed by atoms with E-state index < -0.39 is 0 Å². The Morgan fingerprint density at radius 1 is 1.54 bits per heavy atom. The molecule has 1 aromatic heterocycles. The van der Waals surface area contributed by atoms with Gasteiger partial charge < -0.3 is 4.74 Å². The van der Waals surface area contributed by atoms with Crippen molar-refractivity contribution in [2.75, 3.05) is 19.5 Å². The SMILES string of the molecule is COCCSc1cc(C)nc(Cl)n1. The standard InChI is InChI=1S/C8H11ClN2OS/c1-6-5-7(11-8(9)10-6)13-4-3-12-2/h5H,3-4H2,1-2H3. The van der Waals surface area contributed by atoms with Crippen LogP contribution in [0.5, 0.6) is 0 Å². The lowest BCUT2D eigenvalue weighted by Gasteiger charge is -2.01. The van der Waals surface area contributed by atoms with Crippen molar-refractivity contribution in [3.8, 4) is 0 Å². The van der Waals surface area contributed by atoms with E-state index in [1.807, 2.05) is 13.0 Å². The minimum absolute atomic E-state index is 0.305. The number of aryl methyl sites for hydroxylation is 1. The Morgan fingerprint density at radius 2 is 2.31 bits per heavy atom. The third-order valence-corrected chi connectivity index (χ3v) is 2.39. The van der Waals surface area contributed by atoms with Crippen molar-refractivity contribution >= 4 is 23.4 Å². The molecule has 0 aliphatic rings. The smallest absolute Gasteiger partial charge is 0.223 e. The lowest BCUT2D eigenvalue weighted by Crippen LogP contribution is -1.94. The molecule has 1 rings (SSSR count). The van der Waals surface area contributed by atoms with Gasteiger partial charge in [-0.05, 0) is 24.6 Å². The fourth-order valence-corrected chi connectivity index (χ4v) is 1.95. The quantitative estimate of drug-likeness (QED) is 0.336. The van der Waals surface area contributed by atoms with E-state index in [0.29, 0.717) is 11.9 Å². The first-order chi connectivity index (χ1) is 6.22. The summed E-state index contributed by atoms with van der Waals surface area (Å²) < 4.78 is 4.93. The number of thioether (sulfide) groups is 1. The van der Waals surface area contributed by atoms with Crippen LogP contribution in [-0.4, -0.2) is 29.4 Å². The largest absolute Gasteiger partial charge is 0.384 e. The minimum atomic E-state index is 0.305. The number of ether oxygens (including phenoxy) is 1. The molecule has 0 N–H and O–H groups in total. The van der Waals surface area contributed by atoms with Gasteiger partial charge in [-0.2, -0.15) is 0 Å². The maximum atomic E-state index is 5.70. The second-order valence-electron chi connectivity index (χ2n) is 2.46. The number of aromatic nitrogens is 2. The van der Waals surface area contributed by atoms with Crippen LogP contribution in [0.15, 0.2) is 11.1 Å². The Morgan fingerprint density at radius 3 is 2.92 bits per heavy atom. The Labute approximate surface area is 86.9 Å². The van der Waals surface area contributed by atoms with Gasteiger partial charge >= 0.3 is 0 Å². The molecular weight excluding hydrogens is 208 g/mol. The lowest BCUT2D eigenvalue weighted by molar-refractivity contribution is 0.218. The van der Waals surface area contributed by atoms with Crippen LogP contribution in [0.2, 0.25) is 5.28 Å². The third-order valence-electron chi connectivity index (χ3n) is 1.34. The van der Waals surface area contributed by atoms with Gasteiger partial charge in [-0.3, -0.25) is 0 Å². The van der Waals surface area contributed by atoms with E-state index in [1.165, 1.54) is 0 Å². The fourth-order valence-electron chi connectivity index (χ4n) is 0.808. The zero-order valence-electron chi connectivity index (χ0n) is 7.58. The molecule has 0 saturated heterocycles. The summed E-state index contributed by atoms with van der Waals surface area (Å²) >= 11 is 7.31. The molecular formula is C8H11ClN2OS. The van der Waals surface area contributed by atoms with E-state index in [2.05, 4.69) is 9.97 Å². The summed E-state index contributed by atoms with van der Waals surface area (Å²) in [6.07, 6.45) is 0. The first kappa shape index (κ1) is 10.8. The van der Waals surface area contributed by atoms with Crippen LogP contribution in [0.25, 0.3) is 0 Å². The highest BCUT2D eigenvalue weighted by Crippen LogP contribution is 2.17. The number of hydrogen-bond donors (Lipinski definition) is 0. The molecule has 0 bridgehead atoms. The number of nitrogens with zero attached hydrogens (tertiary/aromatic N) is 2. The van der Waals surface area contributed by atoms with E-state index in [1.54, 1.807) is 18.9 Å². The molecule has 1 aromatic rings. The molecule has 1 heterocycles. The van der Waals surface area contributed by atoms with Crippen LogP contribution in [-0.2, 0) is 4.74 Å². The van der Waals surface area contributed by atoms with Crippen LogP contribution in [0.1, 0.15) is 5.69 Å². The second-order valence-corrected chi connectivity index (χ2v) is 3.91. The Hall–Kier alpha value is -0.320. The van der Waals surface area contributed by atoms with E-state index in [9.17, 15) is 0 Å². The maximum absolute atomic E-state index is 5.70. The summed E-state index contributed by atoms with van der Waals surface area (Å²) in [6, 6.07) is 1.91. The normalized spacial score (nSPS) is 10.4. The summed E-state index contributed by atoms with van der Waals surface area (Å²) in [5.41, 5.74) is 0.889. The van der Waals surface area contributed by atoms with Crippen molar-refractivity contribution in [1.29, 1.82) is 0 Å². The molecule has 13 heavy (non-hydrogen) atoms. The number of methoxy groups -OCH3 is 1. The molecule has 0 atom stereocenters. The van der Waals surface area contributed by atoms with Gasteiger partial charge in [-0.25, -0.2) is 9.97 Å². The van der Waals surface area contributed by atoms with Crippen molar-refractivity contribution in [3.63, 3.8) is 0 Å². The fraction of sp³-hybridized carbons (Fsp3) is 0.500. The summed E-state index contributed by atoms with van der Waals surface area (Å²) in [4.78, 5) is 8.04. The molecule has 0 radical (unpaired) electrons. The van der Waals surface area contributed by atoms with Gasteiger partial charge in [0.15, 0.2) is 0 Å². The molecule has 0 aliphatic heterocycles. The monoisotopic (exact) mass is 218 g/mol. The van der Waals surface area contributed by atoms with Crippen LogP contribution < -0.4 is 0 Å². The molecule has 72 valence electrons.